The second kappa shape index (κ2) is 6.44. The Labute approximate surface area is 131 Å². The van der Waals surface area contributed by atoms with E-state index < -0.39 is 11.7 Å². The fraction of sp³-hybridized carbons (Fsp3) is 0.0667. The van der Waals surface area contributed by atoms with E-state index in [1.54, 1.807) is 13.0 Å². The van der Waals surface area contributed by atoms with Crippen LogP contribution in [-0.2, 0) is 0 Å². The van der Waals surface area contributed by atoms with Gasteiger partial charge < -0.3 is 10.8 Å². The molecule has 0 unspecified atom stereocenters. The third-order valence-electron chi connectivity index (χ3n) is 2.95. The molecule has 0 aliphatic carbocycles. The van der Waals surface area contributed by atoms with Crippen molar-refractivity contribution >= 4 is 28.9 Å². The molecular weight excluding hydrogens is 309 g/mol. The van der Waals surface area contributed by atoms with Crippen molar-refractivity contribution in [3.63, 3.8) is 0 Å². The van der Waals surface area contributed by atoms with Crippen LogP contribution in [0.4, 0.5) is 10.1 Å². The van der Waals surface area contributed by atoms with Gasteiger partial charge in [0.1, 0.15) is 11.6 Å². The van der Waals surface area contributed by atoms with Crippen LogP contribution < -0.4 is 11.2 Å². The first-order valence-corrected chi connectivity index (χ1v) is 6.65. The van der Waals surface area contributed by atoms with Crippen molar-refractivity contribution in [2.24, 2.45) is 10.8 Å². The highest BCUT2D eigenvalue weighted by atomic mass is 35.5. The monoisotopic (exact) mass is 321 g/mol. The van der Waals surface area contributed by atoms with Gasteiger partial charge in [-0.2, -0.15) is 5.10 Å². The predicted molar refractivity (Wildman–Crippen MR) is 83.9 cm³/mol. The van der Waals surface area contributed by atoms with Crippen molar-refractivity contribution in [3.05, 3.63) is 58.4 Å². The van der Waals surface area contributed by atoms with Gasteiger partial charge in [0.15, 0.2) is 0 Å². The number of carbonyl (C=O) groups is 1. The van der Waals surface area contributed by atoms with Gasteiger partial charge in [-0.3, -0.25) is 10.2 Å². The predicted octanol–water partition coefficient (Wildman–Crippen LogP) is 3.12. The van der Waals surface area contributed by atoms with Crippen LogP contribution >= 0.6 is 11.6 Å². The Morgan fingerprint density at radius 3 is 2.68 bits per heavy atom. The Balaban J connectivity index is 2.23. The van der Waals surface area contributed by atoms with Gasteiger partial charge in [-0.05, 0) is 48.9 Å². The first kappa shape index (κ1) is 15.8. The Bertz CT molecular complexity index is 762. The summed E-state index contributed by atoms with van der Waals surface area (Å²) in [5, 5.41) is 13.6. The SMILES string of the molecule is C/C(=N\Nc1ccc(F)c(Cl)c1)c1ccc(O)c(C(N)=O)c1. The Morgan fingerprint density at radius 1 is 1.32 bits per heavy atom. The van der Waals surface area contributed by atoms with Crippen LogP contribution in [0.3, 0.4) is 0 Å². The third kappa shape index (κ3) is 3.53. The number of amides is 1. The highest BCUT2D eigenvalue weighted by Gasteiger charge is 2.09. The lowest BCUT2D eigenvalue weighted by atomic mass is 10.1. The number of halogens is 2. The van der Waals surface area contributed by atoms with E-state index in [-0.39, 0.29) is 16.3 Å². The summed E-state index contributed by atoms with van der Waals surface area (Å²) in [6.45, 7) is 1.70. The molecule has 0 aliphatic heterocycles. The number of hydrogen-bond donors (Lipinski definition) is 3. The standard InChI is InChI=1S/C15H13ClFN3O2/c1-8(9-2-5-14(21)11(6-9)15(18)22)19-20-10-3-4-13(17)12(16)7-10/h2-7,20-21H,1H3,(H2,18,22)/b19-8+. The molecule has 0 saturated heterocycles. The number of nitrogens with one attached hydrogen (secondary N) is 1. The van der Waals surface area contributed by atoms with Crippen molar-refractivity contribution in [1.29, 1.82) is 0 Å². The summed E-state index contributed by atoms with van der Waals surface area (Å²) < 4.78 is 13.1. The Hall–Kier alpha value is -2.60. The lowest BCUT2D eigenvalue weighted by Crippen LogP contribution is -2.12. The summed E-state index contributed by atoms with van der Waals surface area (Å²) in [7, 11) is 0. The van der Waals surface area contributed by atoms with Gasteiger partial charge in [0.2, 0.25) is 0 Å². The van der Waals surface area contributed by atoms with Crippen LogP contribution in [0.15, 0.2) is 41.5 Å². The van der Waals surface area contributed by atoms with E-state index in [1.807, 2.05) is 0 Å². The zero-order chi connectivity index (χ0) is 16.3. The number of rotatable bonds is 4. The normalized spacial score (nSPS) is 11.3. The fourth-order valence-electron chi connectivity index (χ4n) is 1.74. The highest BCUT2D eigenvalue weighted by Crippen LogP contribution is 2.20. The molecule has 0 atom stereocenters. The Kier molecular flexibility index (Phi) is 4.62. The van der Waals surface area contributed by atoms with Crippen LogP contribution in [0.2, 0.25) is 5.02 Å². The van der Waals surface area contributed by atoms with Crippen LogP contribution in [0.25, 0.3) is 0 Å². The van der Waals surface area contributed by atoms with Crippen LogP contribution in [0, 0.1) is 5.82 Å². The number of primary amides is 1. The second-order valence-corrected chi connectivity index (χ2v) is 4.94. The van der Waals surface area contributed by atoms with Gasteiger partial charge >= 0.3 is 0 Å². The summed E-state index contributed by atoms with van der Waals surface area (Å²) in [6.07, 6.45) is 0. The molecule has 0 aliphatic rings. The minimum absolute atomic E-state index is 0.0110. The number of carbonyl (C=O) groups excluding carboxylic acids is 1. The molecule has 4 N–H and O–H groups in total. The number of hydrazone groups is 1. The lowest BCUT2D eigenvalue weighted by molar-refractivity contribution is 0.0997. The van der Waals surface area contributed by atoms with Gasteiger partial charge in [0, 0.05) is 0 Å². The van der Waals surface area contributed by atoms with E-state index in [9.17, 15) is 14.3 Å². The van der Waals surface area contributed by atoms with Crippen LogP contribution in [0.5, 0.6) is 5.75 Å². The minimum atomic E-state index is -0.731. The van der Waals surface area contributed by atoms with E-state index in [2.05, 4.69) is 10.5 Å². The summed E-state index contributed by atoms with van der Waals surface area (Å²) in [4.78, 5) is 11.2. The van der Waals surface area contributed by atoms with E-state index in [1.165, 1.54) is 30.3 Å². The molecule has 1 amide bonds. The van der Waals surface area contributed by atoms with Crippen molar-refractivity contribution < 1.29 is 14.3 Å². The number of phenols is 1. The third-order valence-corrected chi connectivity index (χ3v) is 3.24. The maximum atomic E-state index is 13.1. The van der Waals surface area contributed by atoms with Gasteiger partial charge in [-0.1, -0.05) is 11.6 Å². The van der Waals surface area contributed by atoms with E-state index in [0.29, 0.717) is 17.0 Å². The molecule has 5 nitrogen and oxygen atoms in total. The van der Waals surface area contributed by atoms with E-state index in [0.717, 1.165) is 0 Å². The fourth-order valence-corrected chi connectivity index (χ4v) is 1.92. The lowest BCUT2D eigenvalue weighted by Gasteiger charge is -2.06. The second-order valence-electron chi connectivity index (χ2n) is 4.53. The largest absolute Gasteiger partial charge is 0.507 e. The van der Waals surface area contributed by atoms with Crippen molar-refractivity contribution in [3.8, 4) is 5.75 Å². The maximum Gasteiger partial charge on any atom is 0.252 e. The van der Waals surface area contributed by atoms with Crippen LogP contribution in [-0.4, -0.2) is 16.7 Å². The quantitative estimate of drug-likeness (QED) is 0.597. The molecule has 22 heavy (non-hydrogen) atoms. The van der Waals surface area contributed by atoms with E-state index in [4.69, 9.17) is 17.3 Å². The maximum absolute atomic E-state index is 13.1. The first-order valence-electron chi connectivity index (χ1n) is 6.27. The van der Waals surface area contributed by atoms with Crippen molar-refractivity contribution in [1.82, 2.24) is 0 Å². The van der Waals surface area contributed by atoms with E-state index >= 15 is 0 Å². The molecule has 0 radical (unpaired) electrons. The Morgan fingerprint density at radius 2 is 2.05 bits per heavy atom. The number of aromatic hydroxyl groups is 1. The number of anilines is 1. The van der Waals surface area contributed by atoms with Crippen molar-refractivity contribution in [2.75, 3.05) is 5.43 Å². The molecule has 2 aromatic carbocycles. The van der Waals surface area contributed by atoms with Gasteiger partial charge in [-0.25, -0.2) is 4.39 Å². The first-order chi connectivity index (χ1) is 10.4. The molecule has 0 spiro atoms. The average Bonchev–Trinajstić information content (AvgIpc) is 2.48. The summed E-state index contributed by atoms with van der Waals surface area (Å²) >= 11 is 5.68. The average molecular weight is 322 g/mol. The number of nitrogens with zero attached hydrogens (tertiary/aromatic N) is 1. The van der Waals surface area contributed by atoms with Gasteiger partial charge in [0.25, 0.3) is 5.91 Å². The van der Waals surface area contributed by atoms with Crippen molar-refractivity contribution in [2.45, 2.75) is 6.92 Å². The molecule has 0 heterocycles. The zero-order valence-corrected chi connectivity index (χ0v) is 12.4. The zero-order valence-electron chi connectivity index (χ0n) is 11.6. The minimum Gasteiger partial charge on any atom is -0.507 e. The molecule has 0 bridgehead atoms. The number of nitrogens with two attached hydrogens (primary N) is 1. The molecule has 7 heteroatoms. The molecular formula is C15H13ClFN3O2. The smallest absolute Gasteiger partial charge is 0.252 e. The molecule has 0 fully saturated rings. The summed E-state index contributed by atoms with van der Waals surface area (Å²) in [5.74, 6) is -1.44. The molecule has 0 saturated carbocycles. The summed E-state index contributed by atoms with van der Waals surface area (Å²) in [6, 6.07) is 8.52. The summed E-state index contributed by atoms with van der Waals surface area (Å²) in [5.41, 5.74) is 9.58. The van der Waals surface area contributed by atoms with Crippen LogP contribution in [0.1, 0.15) is 22.8 Å². The van der Waals surface area contributed by atoms with Gasteiger partial charge in [-0.15, -0.1) is 0 Å². The molecule has 0 aromatic heterocycles. The molecule has 2 rings (SSSR count). The molecule has 2 aromatic rings. The topological polar surface area (TPSA) is 87.7 Å². The highest BCUT2D eigenvalue weighted by molar-refractivity contribution is 6.31. The number of benzene rings is 2. The number of hydrogen-bond acceptors (Lipinski definition) is 4. The van der Waals surface area contributed by atoms with Gasteiger partial charge in [0.05, 0.1) is 22.0 Å². The molecule has 114 valence electrons.